The van der Waals surface area contributed by atoms with Crippen molar-refractivity contribution in [1.29, 1.82) is 0 Å². The van der Waals surface area contributed by atoms with Gasteiger partial charge in [0.1, 0.15) is 0 Å². The third kappa shape index (κ3) is 2.96. The van der Waals surface area contributed by atoms with E-state index in [1.54, 1.807) is 24.0 Å². The summed E-state index contributed by atoms with van der Waals surface area (Å²) in [4.78, 5) is 16.0. The zero-order valence-corrected chi connectivity index (χ0v) is 13.8. The molecule has 2 aromatic heterocycles. The Hall–Kier alpha value is -3.10. The van der Waals surface area contributed by atoms with Gasteiger partial charge < -0.3 is 9.84 Å². The molecule has 0 fully saturated rings. The van der Waals surface area contributed by atoms with Crippen molar-refractivity contribution in [2.24, 2.45) is 7.05 Å². The molecule has 0 spiro atoms. The highest BCUT2D eigenvalue weighted by atomic mass is 19.3. The molecule has 134 valence electrons. The van der Waals surface area contributed by atoms with Gasteiger partial charge in [-0.1, -0.05) is 17.3 Å². The number of amides is 1. The summed E-state index contributed by atoms with van der Waals surface area (Å²) in [5.41, 5.74) is 3.15. The van der Waals surface area contributed by atoms with E-state index < -0.39 is 12.3 Å². The summed E-state index contributed by atoms with van der Waals surface area (Å²) >= 11 is 0. The van der Waals surface area contributed by atoms with Gasteiger partial charge in [-0.05, 0) is 30.0 Å². The number of hydrogen-bond acceptors (Lipinski definition) is 5. The molecule has 9 heteroatoms. The Morgan fingerprint density at radius 2 is 2.27 bits per heavy atom. The van der Waals surface area contributed by atoms with Crippen LogP contribution in [0.15, 0.2) is 35.1 Å². The van der Waals surface area contributed by atoms with Gasteiger partial charge in [-0.25, -0.2) is 0 Å². The Labute approximate surface area is 147 Å². The first-order valence-electron chi connectivity index (χ1n) is 8.05. The summed E-state index contributed by atoms with van der Waals surface area (Å²) in [7, 11) is 1.75. The third-order valence-corrected chi connectivity index (χ3v) is 4.38. The molecule has 1 N–H and O–H groups in total. The van der Waals surface area contributed by atoms with Crippen LogP contribution >= 0.6 is 0 Å². The molecule has 7 nitrogen and oxygen atoms in total. The first-order valence-corrected chi connectivity index (χ1v) is 8.05. The fourth-order valence-corrected chi connectivity index (χ4v) is 3.13. The summed E-state index contributed by atoms with van der Waals surface area (Å²) in [5.74, 6) is -0.743. The first kappa shape index (κ1) is 16.4. The average Bonchev–Trinajstić information content (AvgIpc) is 3.34. The molecule has 4 rings (SSSR count). The quantitative estimate of drug-likeness (QED) is 0.774. The van der Waals surface area contributed by atoms with E-state index >= 15 is 0 Å². The second-order valence-electron chi connectivity index (χ2n) is 6.14. The van der Waals surface area contributed by atoms with Gasteiger partial charge in [0.15, 0.2) is 0 Å². The lowest BCUT2D eigenvalue weighted by molar-refractivity contribution is 0.0936. The Kier molecular flexibility index (Phi) is 3.98. The molecule has 1 atom stereocenters. The minimum Gasteiger partial charge on any atom is -0.345 e. The highest BCUT2D eigenvalue weighted by Crippen LogP contribution is 2.34. The van der Waals surface area contributed by atoms with Crippen LogP contribution in [0.25, 0.3) is 11.4 Å². The number of rotatable bonds is 4. The van der Waals surface area contributed by atoms with E-state index in [9.17, 15) is 13.6 Å². The van der Waals surface area contributed by atoms with Gasteiger partial charge in [-0.15, -0.1) is 0 Å². The molecule has 2 heterocycles. The Morgan fingerprint density at radius 3 is 2.96 bits per heavy atom. The lowest BCUT2D eigenvalue weighted by Crippen LogP contribution is -2.26. The maximum Gasteiger partial charge on any atom is 0.315 e. The minimum absolute atomic E-state index is 0.103. The largest absolute Gasteiger partial charge is 0.345 e. The Morgan fingerprint density at radius 1 is 1.42 bits per heavy atom. The monoisotopic (exact) mass is 359 g/mol. The number of alkyl halides is 2. The number of aromatic nitrogens is 4. The van der Waals surface area contributed by atoms with Crippen molar-refractivity contribution in [3.05, 3.63) is 53.2 Å². The lowest BCUT2D eigenvalue weighted by Gasteiger charge is -2.13. The van der Waals surface area contributed by atoms with Gasteiger partial charge in [-0.3, -0.25) is 9.48 Å². The molecule has 1 aliphatic carbocycles. The maximum atomic E-state index is 12.6. The van der Waals surface area contributed by atoms with E-state index in [4.69, 9.17) is 0 Å². The zero-order valence-electron chi connectivity index (χ0n) is 13.8. The molecular formula is C17H15F2N5O2. The number of halogens is 2. The Bertz CT molecular complexity index is 966. The summed E-state index contributed by atoms with van der Waals surface area (Å²) < 4.78 is 31.3. The van der Waals surface area contributed by atoms with Crippen molar-refractivity contribution in [3.63, 3.8) is 0 Å². The van der Waals surface area contributed by atoms with E-state index in [0.717, 1.165) is 24.0 Å². The van der Waals surface area contributed by atoms with Crippen LogP contribution in [0.1, 0.15) is 46.3 Å². The standard InChI is InChI=1S/C17H15F2N5O2/c1-24-8-11(7-20-24)16(25)21-13-5-3-9-6-10(2-4-12(9)13)15-22-17(14(18)19)26-23-15/h2,4,6-8,13-14H,3,5H2,1H3,(H,21,25). The second kappa shape index (κ2) is 6.32. The van der Waals surface area contributed by atoms with E-state index in [0.29, 0.717) is 11.1 Å². The normalized spacial score (nSPS) is 16.1. The molecule has 1 aliphatic rings. The molecule has 1 amide bonds. The van der Waals surface area contributed by atoms with Gasteiger partial charge >= 0.3 is 6.43 Å². The second-order valence-corrected chi connectivity index (χ2v) is 6.14. The van der Waals surface area contributed by atoms with Gasteiger partial charge in [-0.2, -0.15) is 18.9 Å². The molecule has 0 saturated carbocycles. The molecular weight excluding hydrogens is 344 g/mol. The number of nitrogens with zero attached hydrogens (tertiary/aromatic N) is 4. The van der Waals surface area contributed by atoms with E-state index in [1.807, 2.05) is 12.1 Å². The first-order chi connectivity index (χ1) is 12.5. The average molecular weight is 359 g/mol. The zero-order chi connectivity index (χ0) is 18.3. The number of nitrogens with one attached hydrogen (secondary N) is 1. The third-order valence-electron chi connectivity index (χ3n) is 4.38. The molecule has 0 radical (unpaired) electrons. The van der Waals surface area contributed by atoms with Crippen LogP contribution in [-0.4, -0.2) is 25.8 Å². The van der Waals surface area contributed by atoms with Gasteiger partial charge in [0.2, 0.25) is 5.82 Å². The fourth-order valence-electron chi connectivity index (χ4n) is 3.13. The van der Waals surface area contributed by atoms with E-state index in [1.165, 1.54) is 6.20 Å². The highest BCUT2D eigenvalue weighted by molar-refractivity contribution is 5.94. The number of fused-ring (bicyclic) bond motifs is 1. The van der Waals surface area contributed by atoms with Crippen LogP contribution in [0.3, 0.4) is 0 Å². The predicted octanol–water partition coefficient (Wildman–Crippen LogP) is 2.83. The van der Waals surface area contributed by atoms with Gasteiger partial charge in [0.05, 0.1) is 17.8 Å². The number of benzene rings is 1. The van der Waals surface area contributed by atoms with Crippen LogP contribution < -0.4 is 5.32 Å². The van der Waals surface area contributed by atoms with Crippen molar-refractivity contribution in [2.75, 3.05) is 0 Å². The number of carbonyl (C=O) groups excluding carboxylic acids is 1. The number of hydrogen-bond donors (Lipinski definition) is 1. The van der Waals surface area contributed by atoms with Crippen LogP contribution in [0.5, 0.6) is 0 Å². The van der Waals surface area contributed by atoms with E-state index in [2.05, 4.69) is 25.1 Å². The predicted molar refractivity (Wildman–Crippen MR) is 86.4 cm³/mol. The summed E-state index contributed by atoms with van der Waals surface area (Å²) in [6.45, 7) is 0. The summed E-state index contributed by atoms with van der Waals surface area (Å²) in [6, 6.07) is 5.36. The summed E-state index contributed by atoms with van der Waals surface area (Å²) in [6.07, 6.45) is 1.91. The SMILES string of the molecule is Cn1cc(C(=O)NC2CCc3cc(-c4noc(C(F)F)n4)ccc32)cn1. The number of carbonyl (C=O) groups is 1. The Balaban J connectivity index is 1.53. The molecule has 0 bridgehead atoms. The van der Waals surface area contributed by atoms with Crippen molar-refractivity contribution >= 4 is 5.91 Å². The van der Waals surface area contributed by atoms with Crippen molar-refractivity contribution in [1.82, 2.24) is 25.2 Å². The molecule has 1 aromatic carbocycles. The van der Waals surface area contributed by atoms with Crippen molar-refractivity contribution in [3.8, 4) is 11.4 Å². The minimum atomic E-state index is -2.79. The van der Waals surface area contributed by atoms with Gasteiger partial charge in [0, 0.05) is 18.8 Å². The van der Waals surface area contributed by atoms with Crippen LogP contribution in [0.4, 0.5) is 8.78 Å². The lowest BCUT2D eigenvalue weighted by atomic mass is 10.0. The van der Waals surface area contributed by atoms with Crippen LogP contribution in [0, 0.1) is 0 Å². The van der Waals surface area contributed by atoms with Crippen LogP contribution in [0.2, 0.25) is 0 Å². The number of aryl methyl sites for hydroxylation is 2. The van der Waals surface area contributed by atoms with Crippen LogP contribution in [-0.2, 0) is 13.5 Å². The van der Waals surface area contributed by atoms with Crippen molar-refractivity contribution in [2.45, 2.75) is 25.3 Å². The van der Waals surface area contributed by atoms with E-state index in [-0.39, 0.29) is 17.8 Å². The molecule has 0 saturated heterocycles. The van der Waals surface area contributed by atoms with Gasteiger partial charge in [0.25, 0.3) is 11.8 Å². The maximum absolute atomic E-state index is 12.6. The molecule has 1 unspecified atom stereocenters. The summed E-state index contributed by atoms with van der Waals surface area (Å²) in [5, 5.41) is 10.6. The topological polar surface area (TPSA) is 85.8 Å². The smallest absolute Gasteiger partial charge is 0.315 e. The van der Waals surface area contributed by atoms with Crippen molar-refractivity contribution < 1.29 is 18.1 Å². The molecule has 3 aromatic rings. The molecule has 26 heavy (non-hydrogen) atoms. The fraction of sp³-hybridized carbons (Fsp3) is 0.294. The molecule has 0 aliphatic heterocycles. The highest BCUT2D eigenvalue weighted by Gasteiger charge is 2.26.